The Balaban J connectivity index is 2.29. The topological polar surface area (TPSA) is 62.7 Å². The van der Waals surface area contributed by atoms with Crippen molar-refractivity contribution >= 4 is 29.0 Å². The van der Waals surface area contributed by atoms with Crippen LogP contribution in [0.15, 0.2) is 48.5 Å². The van der Waals surface area contributed by atoms with Gasteiger partial charge in [-0.3, -0.25) is 0 Å². The second-order valence-electron chi connectivity index (χ2n) is 5.37. The average molecular weight is 354 g/mol. The van der Waals surface area contributed by atoms with Crippen LogP contribution < -0.4 is 5.73 Å². The summed E-state index contributed by atoms with van der Waals surface area (Å²) in [4.78, 5) is 4.35. The van der Waals surface area contributed by atoms with Crippen molar-refractivity contribution in [1.29, 1.82) is 5.26 Å². The fraction of sp³-hybridized carbons (Fsp3) is 0.0526. The van der Waals surface area contributed by atoms with Gasteiger partial charge in [-0.15, -0.1) is 0 Å². The predicted octanol–water partition coefficient (Wildman–Crippen LogP) is 5.48. The van der Waals surface area contributed by atoms with E-state index in [1.807, 2.05) is 37.3 Å². The highest BCUT2D eigenvalue weighted by Gasteiger charge is 2.16. The molecule has 0 aliphatic carbocycles. The number of aryl methyl sites for hydroxylation is 1. The molecule has 1 heterocycles. The molecule has 0 saturated heterocycles. The number of nitrogen functional groups attached to an aromatic ring is 1. The molecule has 0 saturated carbocycles. The van der Waals surface area contributed by atoms with Crippen molar-refractivity contribution in [3.63, 3.8) is 0 Å². The second-order valence-corrected chi connectivity index (χ2v) is 6.21. The number of halogens is 2. The van der Waals surface area contributed by atoms with Crippen LogP contribution >= 0.6 is 23.2 Å². The summed E-state index contributed by atoms with van der Waals surface area (Å²) in [5.74, 6) is 0.180. The summed E-state index contributed by atoms with van der Waals surface area (Å²) in [6.07, 6.45) is 0. The number of pyridine rings is 1. The molecule has 0 radical (unpaired) electrons. The minimum Gasteiger partial charge on any atom is -0.383 e. The van der Waals surface area contributed by atoms with E-state index >= 15 is 0 Å². The number of hydrogen-bond donors (Lipinski definition) is 1. The third-order valence-corrected chi connectivity index (χ3v) is 4.35. The zero-order valence-corrected chi connectivity index (χ0v) is 14.4. The van der Waals surface area contributed by atoms with Crippen molar-refractivity contribution in [2.45, 2.75) is 6.92 Å². The number of benzene rings is 2. The molecule has 0 atom stereocenters. The van der Waals surface area contributed by atoms with Crippen molar-refractivity contribution < 1.29 is 0 Å². The number of anilines is 1. The van der Waals surface area contributed by atoms with Gasteiger partial charge < -0.3 is 5.73 Å². The van der Waals surface area contributed by atoms with E-state index in [-0.39, 0.29) is 5.82 Å². The molecule has 5 heteroatoms. The van der Waals surface area contributed by atoms with Crippen LogP contribution in [0, 0.1) is 18.3 Å². The van der Waals surface area contributed by atoms with E-state index in [0.29, 0.717) is 26.9 Å². The standard InChI is InChI=1S/C19H13Cl2N3/c1-11-4-2-3-5-13(11)15-9-18(24-19(23)16(15)10-22)14-7-6-12(20)8-17(14)21/h2-9H,1H3,(H2,23,24). The van der Waals surface area contributed by atoms with E-state index in [9.17, 15) is 5.26 Å². The molecular formula is C19H13Cl2N3. The van der Waals surface area contributed by atoms with Gasteiger partial charge in [-0.05, 0) is 42.3 Å². The molecule has 0 spiro atoms. The van der Waals surface area contributed by atoms with Gasteiger partial charge in [-0.1, -0.05) is 47.5 Å². The molecular weight excluding hydrogens is 341 g/mol. The van der Waals surface area contributed by atoms with Crippen LogP contribution in [0.4, 0.5) is 5.82 Å². The molecule has 1 aromatic heterocycles. The van der Waals surface area contributed by atoms with Crippen molar-refractivity contribution in [3.8, 4) is 28.5 Å². The first kappa shape index (κ1) is 16.3. The lowest BCUT2D eigenvalue weighted by Gasteiger charge is -2.13. The molecule has 0 aliphatic heterocycles. The second kappa shape index (κ2) is 6.52. The van der Waals surface area contributed by atoms with Gasteiger partial charge in [0.25, 0.3) is 0 Å². The summed E-state index contributed by atoms with van der Waals surface area (Å²) in [5, 5.41) is 10.5. The fourth-order valence-corrected chi connectivity index (χ4v) is 3.11. The number of hydrogen-bond acceptors (Lipinski definition) is 3. The highest BCUT2D eigenvalue weighted by atomic mass is 35.5. The first-order valence-electron chi connectivity index (χ1n) is 7.23. The third kappa shape index (κ3) is 2.94. The summed E-state index contributed by atoms with van der Waals surface area (Å²) in [6, 6.07) is 17.0. The minimum absolute atomic E-state index is 0.180. The normalized spacial score (nSPS) is 10.4. The zero-order chi connectivity index (χ0) is 17.3. The Bertz CT molecular complexity index is 975. The van der Waals surface area contributed by atoms with Gasteiger partial charge in [-0.2, -0.15) is 5.26 Å². The van der Waals surface area contributed by atoms with Crippen LogP contribution in [0.25, 0.3) is 22.4 Å². The summed E-state index contributed by atoms with van der Waals surface area (Å²) >= 11 is 12.2. The van der Waals surface area contributed by atoms with Gasteiger partial charge in [-0.25, -0.2) is 4.98 Å². The first-order valence-corrected chi connectivity index (χ1v) is 7.99. The molecule has 0 fully saturated rings. The van der Waals surface area contributed by atoms with Crippen molar-refractivity contribution in [1.82, 2.24) is 4.98 Å². The average Bonchev–Trinajstić information content (AvgIpc) is 2.54. The van der Waals surface area contributed by atoms with Gasteiger partial charge in [0.05, 0.1) is 10.7 Å². The molecule has 24 heavy (non-hydrogen) atoms. The number of nitrogens with two attached hydrogens (primary N) is 1. The van der Waals surface area contributed by atoms with Gasteiger partial charge in [0.2, 0.25) is 0 Å². The van der Waals surface area contributed by atoms with E-state index in [1.54, 1.807) is 18.2 Å². The maximum absolute atomic E-state index is 9.49. The van der Waals surface area contributed by atoms with Gasteiger partial charge in [0, 0.05) is 16.1 Å². The van der Waals surface area contributed by atoms with E-state index in [4.69, 9.17) is 28.9 Å². The van der Waals surface area contributed by atoms with Crippen LogP contribution in [0.3, 0.4) is 0 Å². The molecule has 2 N–H and O–H groups in total. The summed E-state index contributed by atoms with van der Waals surface area (Å²) in [6.45, 7) is 1.99. The fourth-order valence-electron chi connectivity index (χ4n) is 2.61. The number of nitrogens with zero attached hydrogens (tertiary/aromatic N) is 2. The van der Waals surface area contributed by atoms with Gasteiger partial charge >= 0.3 is 0 Å². The Morgan fingerprint density at radius 3 is 2.42 bits per heavy atom. The van der Waals surface area contributed by atoms with Crippen LogP contribution in [-0.2, 0) is 0 Å². The lowest BCUT2D eigenvalue weighted by Crippen LogP contribution is -2.00. The molecule has 0 bridgehead atoms. The van der Waals surface area contributed by atoms with Crippen LogP contribution in [0.1, 0.15) is 11.1 Å². The Hall–Kier alpha value is -2.54. The summed E-state index contributed by atoms with van der Waals surface area (Å²) < 4.78 is 0. The highest BCUT2D eigenvalue weighted by molar-refractivity contribution is 6.36. The Labute approximate surface area is 150 Å². The van der Waals surface area contributed by atoms with Crippen LogP contribution in [0.5, 0.6) is 0 Å². The van der Waals surface area contributed by atoms with E-state index in [0.717, 1.165) is 16.7 Å². The maximum atomic E-state index is 9.49. The Morgan fingerprint density at radius 1 is 1.00 bits per heavy atom. The van der Waals surface area contributed by atoms with Crippen LogP contribution in [0.2, 0.25) is 10.0 Å². The smallest absolute Gasteiger partial charge is 0.142 e. The van der Waals surface area contributed by atoms with Crippen molar-refractivity contribution in [2.75, 3.05) is 5.73 Å². The number of aromatic nitrogens is 1. The van der Waals surface area contributed by atoms with Crippen molar-refractivity contribution in [2.24, 2.45) is 0 Å². The number of nitriles is 1. The van der Waals surface area contributed by atoms with Crippen molar-refractivity contribution in [3.05, 3.63) is 69.7 Å². The quantitative estimate of drug-likeness (QED) is 0.662. The minimum atomic E-state index is 0.180. The van der Waals surface area contributed by atoms with E-state index in [2.05, 4.69) is 11.1 Å². The molecule has 0 unspecified atom stereocenters. The number of rotatable bonds is 2. The largest absolute Gasteiger partial charge is 0.383 e. The monoisotopic (exact) mass is 353 g/mol. The zero-order valence-electron chi connectivity index (χ0n) is 12.8. The molecule has 118 valence electrons. The molecule has 3 rings (SSSR count). The van der Waals surface area contributed by atoms with E-state index < -0.39 is 0 Å². The molecule has 3 nitrogen and oxygen atoms in total. The lowest BCUT2D eigenvalue weighted by atomic mass is 9.95. The third-order valence-electron chi connectivity index (χ3n) is 3.80. The van der Waals surface area contributed by atoms with Crippen LogP contribution in [-0.4, -0.2) is 4.98 Å². The SMILES string of the molecule is Cc1ccccc1-c1cc(-c2ccc(Cl)cc2Cl)nc(N)c1C#N. The van der Waals surface area contributed by atoms with E-state index in [1.165, 1.54) is 0 Å². The summed E-state index contributed by atoms with van der Waals surface area (Å²) in [5.41, 5.74) is 10.4. The molecule has 0 aliphatic rings. The Kier molecular flexibility index (Phi) is 4.44. The highest BCUT2D eigenvalue weighted by Crippen LogP contribution is 2.35. The predicted molar refractivity (Wildman–Crippen MR) is 99.0 cm³/mol. The molecule has 2 aromatic carbocycles. The Morgan fingerprint density at radius 2 is 1.75 bits per heavy atom. The summed E-state index contributed by atoms with van der Waals surface area (Å²) in [7, 11) is 0. The lowest BCUT2D eigenvalue weighted by molar-refractivity contribution is 1.30. The first-order chi connectivity index (χ1) is 11.5. The molecule has 0 amide bonds. The van der Waals surface area contributed by atoms with Gasteiger partial charge in [0.1, 0.15) is 17.5 Å². The molecule has 3 aromatic rings. The maximum Gasteiger partial charge on any atom is 0.142 e. The van der Waals surface area contributed by atoms with Gasteiger partial charge in [0.15, 0.2) is 0 Å².